The van der Waals surface area contributed by atoms with Crippen LogP contribution in [0.2, 0.25) is 0 Å². The molecule has 132 valence electrons. The first-order chi connectivity index (χ1) is 11.7. The van der Waals surface area contributed by atoms with Gasteiger partial charge in [-0.25, -0.2) is 4.79 Å². The highest BCUT2D eigenvalue weighted by molar-refractivity contribution is 5.69. The number of amides is 1. The fourth-order valence-corrected chi connectivity index (χ4v) is 2.96. The summed E-state index contributed by atoms with van der Waals surface area (Å²) in [5, 5.41) is 18.3. The molecule has 0 spiro atoms. The fraction of sp³-hybridized carbons (Fsp3) is 0.526. The van der Waals surface area contributed by atoms with Crippen LogP contribution in [0, 0.1) is 22.7 Å². The Morgan fingerprint density at radius 2 is 1.76 bits per heavy atom. The maximum absolute atomic E-state index is 12.4. The second-order valence-electron chi connectivity index (χ2n) is 7.44. The van der Waals surface area contributed by atoms with Gasteiger partial charge in [-0.2, -0.15) is 10.5 Å². The van der Waals surface area contributed by atoms with Gasteiger partial charge in [-0.1, -0.05) is 0 Å². The van der Waals surface area contributed by atoms with E-state index in [1.807, 2.05) is 46.8 Å². The molecule has 0 aromatic heterocycles. The number of benzene rings is 1. The van der Waals surface area contributed by atoms with Gasteiger partial charge in [0.25, 0.3) is 0 Å². The van der Waals surface area contributed by atoms with Crippen molar-refractivity contribution in [2.45, 2.75) is 52.3 Å². The average molecular weight is 340 g/mol. The zero-order valence-electron chi connectivity index (χ0n) is 15.4. The van der Waals surface area contributed by atoms with Crippen LogP contribution in [-0.2, 0) is 4.74 Å². The van der Waals surface area contributed by atoms with Crippen molar-refractivity contribution in [3.63, 3.8) is 0 Å². The molecule has 6 nitrogen and oxygen atoms in total. The summed E-state index contributed by atoms with van der Waals surface area (Å²) in [6, 6.07) is 9.42. The van der Waals surface area contributed by atoms with Crippen LogP contribution in [0.5, 0.6) is 0 Å². The molecule has 1 fully saturated rings. The standard InChI is InChI=1S/C19H24N4O2/c1-13-12-23(18(24)25-19(3,4)5)14(2)11-22(13)17-7-6-15(9-20)16(8-17)10-21/h6-8,13-14H,11-12H2,1-5H3/t13-,14+/m0/s1. The largest absolute Gasteiger partial charge is 0.444 e. The van der Waals surface area contributed by atoms with Gasteiger partial charge in [-0.15, -0.1) is 0 Å². The summed E-state index contributed by atoms with van der Waals surface area (Å²) in [6.07, 6.45) is -0.302. The molecule has 0 bridgehead atoms. The average Bonchev–Trinajstić information content (AvgIpc) is 2.54. The van der Waals surface area contributed by atoms with E-state index in [4.69, 9.17) is 10.00 Å². The van der Waals surface area contributed by atoms with Crippen LogP contribution in [0.15, 0.2) is 18.2 Å². The highest BCUT2D eigenvalue weighted by Crippen LogP contribution is 2.26. The first-order valence-electron chi connectivity index (χ1n) is 8.36. The number of nitrogens with zero attached hydrogens (tertiary/aromatic N) is 4. The van der Waals surface area contributed by atoms with E-state index in [1.165, 1.54) is 0 Å². The van der Waals surface area contributed by atoms with E-state index >= 15 is 0 Å². The Bertz CT molecular complexity index is 739. The van der Waals surface area contributed by atoms with E-state index in [-0.39, 0.29) is 18.2 Å². The topological polar surface area (TPSA) is 80.4 Å². The number of hydrogen-bond acceptors (Lipinski definition) is 5. The van der Waals surface area contributed by atoms with Crippen molar-refractivity contribution < 1.29 is 9.53 Å². The number of ether oxygens (including phenoxy) is 1. The van der Waals surface area contributed by atoms with Crippen molar-refractivity contribution in [2.75, 3.05) is 18.0 Å². The zero-order chi connectivity index (χ0) is 18.8. The molecule has 1 aromatic carbocycles. The summed E-state index contributed by atoms with van der Waals surface area (Å²) in [4.78, 5) is 16.3. The van der Waals surface area contributed by atoms with Crippen LogP contribution in [0.25, 0.3) is 0 Å². The van der Waals surface area contributed by atoms with Crippen LogP contribution in [0.3, 0.4) is 0 Å². The molecule has 25 heavy (non-hydrogen) atoms. The molecule has 2 rings (SSSR count). The van der Waals surface area contributed by atoms with Gasteiger partial charge < -0.3 is 14.5 Å². The van der Waals surface area contributed by atoms with Gasteiger partial charge in [0.2, 0.25) is 0 Å². The van der Waals surface area contributed by atoms with Gasteiger partial charge >= 0.3 is 6.09 Å². The molecule has 6 heteroatoms. The van der Waals surface area contributed by atoms with E-state index in [2.05, 4.69) is 11.0 Å². The minimum atomic E-state index is -0.522. The highest BCUT2D eigenvalue weighted by Gasteiger charge is 2.34. The van der Waals surface area contributed by atoms with E-state index < -0.39 is 5.60 Å². The molecule has 1 heterocycles. The predicted molar refractivity (Wildman–Crippen MR) is 95.1 cm³/mol. The van der Waals surface area contributed by atoms with Crippen LogP contribution in [0.4, 0.5) is 10.5 Å². The fourth-order valence-electron chi connectivity index (χ4n) is 2.96. The lowest BCUT2D eigenvalue weighted by Gasteiger charge is -2.45. The lowest BCUT2D eigenvalue weighted by molar-refractivity contribution is 0.0130. The number of rotatable bonds is 1. The second-order valence-corrected chi connectivity index (χ2v) is 7.44. The Morgan fingerprint density at radius 1 is 1.12 bits per heavy atom. The van der Waals surface area contributed by atoms with Crippen molar-refractivity contribution >= 4 is 11.8 Å². The third-order valence-electron chi connectivity index (χ3n) is 4.19. The molecule has 2 atom stereocenters. The van der Waals surface area contributed by atoms with Crippen molar-refractivity contribution in [1.82, 2.24) is 4.90 Å². The Morgan fingerprint density at radius 3 is 2.32 bits per heavy atom. The van der Waals surface area contributed by atoms with Gasteiger partial charge in [0.15, 0.2) is 0 Å². The molecule has 0 saturated carbocycles. The lowest BCUT2D eigenvalue weighted by Crippen LogP contribution is -2.59. The highest BCUT2D eigenvalue weighted by atomic mass is 16.6. The maximum Gasteiger partial charge on any atom is 0.410 e. The van der Waals surface area contributed by atoms with Crippen molar-refractivity contribution in [1.29, 1.82) is 10.5 Å². The van der Waals surface area contributed by atoms with Gasteiger partial charge in [0, 0.05) is 30.9 Å². The minimum absolute atomic E-state index is 0.0211. The number of piperazine rings is 1. The van der Waals surface area contributed by atoms with E-state index in [0.29, 0.717) is 24.2 Å². The summed E-state index contributed by atoms with van der Waals surface area (Å²) in [7, 11) is 0. The maximum atomic E-state index is 12.4. The van der Waals surface area contributed by atoms with Gasteiger partial charge in [0.1, 0.15) is 17.7 Å². The molecule has 0 aliphatic carbocycles. The number of carbonyl (C=O) groups excluding carboxylic acids is 1. The normalized spacial score (nSPS) is 20.6. The Labute approximate surface area is 149 Å². The molecule has 1 aliphatic heterocycles. The zero-order valence-corrected chi connectivity index (χ0v) is 15.4. The molecule has 1 saturated heterocycles. The van der Waals surface area contributed by atoms with Crippen molar-refractivity contribution in [3.05, 3.63) is 29.3 Å². The molecule has 0 radical (unpaired) electrons. The molecular formula is C19H24N4O2. The SMILES string of the molecule is C[C@@H]1CN(c2ccc(C#N)c(C#N)c2)[C@@H](C)CN1C(=O)OC(C)(C)C. The molecule has 1 aromatic rings. The third kappa shape index (κ3) is 4.22. The summed E-state index contributed by atoms with van der Waals surface area (Å²) >= 11 is 0. The Balaban J connectivity index is 2.19. The van der Waals surface area contributed by atoms with Gasteiger partial charge in [-0.05, 0) is 52.8 Å². The summed E-state index contributed by atoms with van der Waals surface area (Å²) < 4.78 is 5.49. The van der Waals surface area contributed by atoms with Gasteiger partial charge in [0.05, 0.1) is 11.1 Å². The smallest absolute Gasteiger partial charge is 0.410 e. The van der Waals surface area contributed by atoms with Crippen LogP contribution < -0.4 is 4.90 Å². The Kier molecular flexibility index (Phi) is 5.23. The molecule has 1 aliphatic rings. The molecule has 0 unspecified atom stereocenters. The first-order valence-corrected chi connectivity index (χ1v) is 8.36. The number of carbonyl (C=O) groups is 1. The van der Waals surface area contributed by atoms with Crippen LogP contribution in [0.1, 0.15) is 45.7 Å². The Hall–Kier alpha value is -2.73. The third-order valence-corrected chi connectivity index (χ3v) is 4.19. The summed E-state index contributed by atoms with van der Waals surface area (Å²) in [6.45, 7) is 10.8. The number of hydrogen-bond donors (Lipinski definition) is 0. The quantitative estimate of drug-likeness (QED) is 0.784. The first kappa shape index (κ1) is 18.6. The second kappa shape index (κ2) is 7.03. The lowest BCUT2D eigenvalue weighted by atomic mass is 10.0. The molecule has 0 N–H and O–H groups in total. The van der Waals surface area contributed by atoms with Crippen LogP contribution in [-0.4, -0.2) is 41.8 Å². The predicted octanol–water partition coefficient (Wildman–Crippen LogP) is 3.26. The van der Waals surface area contributed by atoms with Crippen molar-refractivity contribution in [2.24, 2.45) is 0 Å². The summed E-state index contributed by atoms with van der Waals surface area (Å²) in [5.74, 6) is 0. The monoisotopic (exact) mass is 340 g/mol. The number of nitriles is 2. The molecule has 1 amide bonds. The minimum Gasteiger partial charge on any atom is -0.444 e. The van der Waals surface area contributed by atoms with E-state index in [0.717, 1.165) is 5.69 Å². The van der Waals surface area contributed by atoms with E-state index in [9.17, 15) is 10.1 Å². The van der Waals surface area contributed by atoms with Crippen molar-refractivity contribution in [3.8, 4) is 12.1 Å². The number of anilines is 1. The van der Waals surface area contributed by atoms with E-state index in [1.54, 1.807) is 17.0 Å². The van der Waals surface area contributed by atoms with Gasteiger partial charge in [-0.3, -0.25) is 0 Å². The molecular weight excluding hydrogens is 316 g/mol. The van der Waals surface area contributed by atoms with Crippen LogP contribution >= 0.6 is 0 Å². The summed E-state index contributed by atoms with van der Waals surface area (Å²) in [5.41, 5.74) is 1.11.